The number of benzene rings is 2. The molecule has 0 saturated carbocycles. The standard InChI is InChI=1S/C23H18N2O7S/c1-30-19-9-7-15(25(28)29)13-18(19)20-10-8-17(32-20)14-21-22(26)24(23(27)33-21)11-12-31-16-5-3-2-4-6-16/h2-10,13-14H,11-12H2,1H3/b21-14-. The molecular formula is C23H18N2O7S. The summed E-state index contributed by atoms with van der Waals surface area (Å²) >= 11 is 0.811. The van der Waals surface area contributed by atoms with Gasteiger partial charge in [0.2, 0.25) is 0 Å². The molecule has 2 aromatic carbocycles. The molecule has 168 valence electrons. The Labute approximate surface area is 192 Å². The summed E-state index contributed by atoms with van der Waals surface area (Å²) in [5.41, 5.74) is 0.292. The molecule has 1 aliphatic heterocycles. The van der Waals surface area contributed by atoms with Crippen LogP contribution in [0.2, 0.25) is 0 Å². The molecule has 2 amide bonds. The molecule has 0 bridgehead atoms. The predicted molar refractivity (Wildman–Crippen MR) is 122 cm³/mol. The minimum absolute atomic E-state index is 0.109. The molecule has 4 rings (SSSR count). The van der Waals surface area contributed by atoms with E-state index in [4.69, 9.17) is 13.9 Å². The number of carbonyl (C=O) groups is 2. The number of rotatable bonds is 8. The highest BCUT2D eigenvalue weighted by atomic mass is 32.2. The third kappa shape index (κ3) is 4.90. The first-order valence-corrected chi connectivity index (χ1v) is 10.6. The van der Waals surface area contributed by atoms with E-state index < -0.39 is 16.1 Å². The van der Waals surface area contributed by atoms with E-state index in [0.29, 0.717) is 28.6 Å². The molecule has 0 aliphatic carbocycles. The molecule has 2 heterocycles. The zero-order valence-electron chi connectivity index (χ0n) is 17.4. The molecule has 33 heavy (non-hydrogen) atoms. The van der Waals surface area contributed by atoms with Crippen LogP contribution < -0.4 is 9.47 Å². The van der Waals surface area contributed by atoms with Crippen LogP contribution in [-0.4, -0.2) is 41.2 Å². The number of nitrogens with zero attached hydrogens (tertiary/aromatic N) is 2. The summed E-state index contributed by atoms with van der Waals surface area (Å²) in [7, 11) is 1.45. The maximum Gasteiger partial charge on any atom is 0.293 e. The molecule has 1 fully saturated rings. The molecule has 9 nitrogen and oxygen atoms in total. The highest BCUT2D eigenvalue weighted by molar-refractivity contribution is 8.18. The fourth-order valence-corrected chi connectivity index (χ4v) is 4.02. The number of hydrogen-bond donors (Lipinski definition) is 0. The molecule has 0 atom stereocenters. The van der Waals surface area contributed by atoms with Crippen molar-refractivity contribution in [3.05, 3.63) is 81.4 Å². The summed E-state index contributed by atoms with van der Waals surface area (Å²) in [4.78, 5) is 36.9. The molecule has 3 aromatic rings. The molecule has 0 unspecified atom stereocenters. The number of thioether (sulfide) groups is 1. The lowest BCUT2D eigenvalue weighted by Crippen LogP contribution is -2.32. The number of imide groups is 1. The van der Waals surface area contributed by atoms with E-state index in [2.05, 4.69) is 0 Å². The molecule has 0 N–H and O–H groups in total. The van der Waals surface area contributed by atoms with E-state index in [1.54, 1.807) is 24.3 Å². The number of methoxy groups -OCH3 is 1. The van der Waals surface area contributed by atoms with Gasteiger partial charge in [-0.15, -0.1) is 0 Å². The Morgan fingerprint density at radius 3 is 2.64 bits per heavy atom. The lowest BCUT2D eigenvalue weighted by atomic mass is 10.1. The number of hydrogen-bond acceptors (Lipinski definition) is 8. The predicted octanol–water partition coefficient (Wildman–Crippen LogP) is 4.98. The Bertz CT molecular complexity index is 1240. The average Bonchev–Trinajstić information content (AvgIpc) is 3.39. The van der Waals surface area contributed by atoms with Gasteiger partial charge in [-0.05, 0) is 42.1 Å². The summed E-state index contributed by atoms with van der Waals surface area (Å²) in [6.07, 6.45) is 1.47. The van der Waals surface area contributed by atoms with Gasteiger partial charge < -0.3 is 13.9 Å². The van der Waals surface area contributed by atoms with Crippen LogP contribution in [0.3, 0.4) is 0 Å². The number of nitro groups is 1. The molecule has 0 spiro atoms. The van der Waals surface area contributed by atoms with Crippen molar-refractivity contribution in [3.63, 3.8) is 0 Å². The summed E-state index contributed by atoms with van der Waals surface area (Å²) in [6, 6.07) is 16.5. The van der Waals surface area contributed by atoms with E-state index in [0.717, 1.165) is 16.7 Å². The SMILES string of the molecule is COc1ccc([N+](=O)[O-])cc1-c1ccc(/C=C2\SC(=O)N(CCOc3ccccc3)C2=O)o1. The number of furan rings is 1. The third-order valence-corrected chi connectivity index (χ3v) is 5.67. The van der Waals surface area contributed by atoms with Crippen molar-refractivity contribution in [2.45, 2.75) is 0 Å². The number of carbonyl (C=O) groups excluding carboxylic acids is 2. The van der Waals surface area contributed by atoms with Crippen LogP contribution >= 0.6 is 11.8 Å². The fraction of sp³-hybridized carbons (Fsp3) is 0.130. The van der Waals surface area contributed by atoms with E-state index in [9.17, 15) is 19.7 Å². The topological polar surface area (TPSA) is 112 Å². The van der Waals surface area contributed by atoms with Crippen molar-refractivity contribution < 1.29 is 28.4 Å². The normalized spacial score (nSPS) is 14.7. The van der Waals surface area contributed by atoms with E-state index in [1.807, 2.05) is 18.2 Å². The fourth-order valence-electron chi connectivity index (χ4n) is 3.17. The van der Waals surface area contributed by atoms with Gasteiger partial charge in [-0.1, -0.05) is 18.2 Å². The zero-order valence-corrected chi connectivity index (χ0v) is 18.2. The van der Waals surface area contributed by atoms with Gasteiger partial charge in [-0.25, -0.2) is 0 Å². The van der Waals surface area contributed by atoms with Crippen LogP contribution in [0.15, 0.2) is 70.0 Å². The average molecular weight is 466 g/mol. The molecular weight excluding hydrogens is 448 g/mol. The number of amides is 2. The summed E-state index contributed by atoms with van der Waals surface area (Å²) in [6.45, 7) is 0.290. The van der Waals surface area contributed by atoms with Gasteiger partial charge in [0.05, 0.1) is 29.0 Å². The summed E-state index contributed by atoms with van der Waals surface area (Å²) < 4.78 is 16.6. The third-order valence-electron chi connectivity index (χ3n) is 4.76. The lowest BCUT2D eigenvalue weighted by Gasteiger charge is -2.13. The summed E-state index contributed by atoms with van der Waals surface area (Å²) in [5.74, 6) is 1.27. The van der Waals surface area contributed by atoms with Crippen molar-refractivity contribution in [2.75, 3.05) is 20.3 Å². The van der Waals surface area contributed by atoms with Crippen molar-refractivity contribution in [1.29, 1.82) is 0 Å². The maximum atomic E-state index is 12.7. The van der Waals surface area contributed by atoms with E-state index >= 15 is 0 Å². The Hall–Kier alpha value is -4.05. The quantitative estimate of drug-likeness (QED) is 0.260. The first kappa shape index (κ1) is 22.2. The Balaban J connectivity index is 1.48. The minimum Gasteiger partial charge on any atom is -0.496 e. The second-order valence-corrected chi connectivity index (χ2v) is 7.83. The van der Waals surface area contributed by atoms with Crippen LogP contribution in [0, 0.1) is 10.1 Å². The highest BCUT2D eigenvalue weighted by Crippen LogP contribution is 2.36. The van der Waals surface area contributed by atoms with Gasteiger partial charge in [-0.3, -0.25) is 24.6 Å². The molecule has 10 heteroatoms. The Morgan fingerprint density at radius 1 is 1.12 bits per heavy atom. The molecule has 1 aliphatic rings. The second-order valence-electron chi connectivity index (χ2n) is 6.84. The first-order chi connectivity index (χ1) is 16.0. The van der Waals surface area contributed by atoms with E-state index in [1.165, 1.54) is 31.4 Å². The number of non-ortho nitro benzene ring substituents is 1. The van der Waals surface area contributed by atoms with Gasteiger partial charge in [0, 0.05) is 18.2 Å². The second kappa shape index (κ2) is 9.61. The number of ether oxygens (including phenoxy) is 2. The Morgan fingerprint density at radius 2 is 1.91 bits per heavy atom. The van der Waals surface area contributed by atoms with Crippen LogP contribution in [0.5, 0.6) is 11.5 Å². The first-order valence-electron chi connectivity index (χ1n) is 9.82. The molecule has 0 radical (unpaired) electrons. The van der Waals surface area contributed by atoms with Crippen LogP contribution in [0.4, 0.5) is 10.5 Å². The van der Waals surface area contributed by atoms with Crippen LogP contribution in [0.25, 0.3) is 17.4 Å². The minimum atomic E-state index is -0.510. The molecule has 1 saturated heterocycles. The monoisotopic (exact) mass is 466 g/mol. The van der Waals surface area contributed by atoms with Crippen LogP contribution in [0.1, 0.15) is 5.76 Å². The van der Waals surface area contributed by atoms with Crippen molar-refractivity contribution >= 4 is 34.7 Å². The number of nitro benzene ring substituents is 1. The summed E-state index contributed by atoms with van der Waals surface area (Å²) in [5, 5.41) is 10.7. The van der Waals surface area contributed by atoms with Crippen molar-refractivity contribution in [1.82, 2.24) is 4.90 Å². The lowest BCUT2D eigenvalue weighted by molar-refractivity contribution is -0.384. The largest absolute Gasteiger partial charge is 0.496 e. The molecule has 1 aromatic heterocycles. The number of para-hydroxylation sites is 1. The van der Waals surface area contributed by atoms with Crippen molar-refractivity contribution in [3.8, 4) is 22.8 Å². The maximum absolute atomic E-state index is 12.7. The van der Waals surface area contributed by atoms with Crippen LogP contribution in [-0.2, 0) is 4.79 Å². The van der Waals surface area contributed by atoms with Gasteiger partial charge in [-0.2, -0.15) is 0 Å². The van der Waals surface area contributed by atoms with Gasteiger partial charge in [0.1, 0.15) is 29.6 Å². The van der Waals surface area contributed by atoms with E-state index in [-0.39, 0.29) is 23.7 Å². The smallest absolute Gasteiger partial charge is 0.293 e. The van der Waals surface area contributed by atoms with Crippen molar-refractivity contribution in [2.24, 2.45) is 0 Å². The zero-order chi connectivity index (χ0) is 23.4. The Kier molecular flexibility index (Phi) is 6.45. The van der Waals surface area contributed by atoms with Gasteiger partial charge in [0.15, 0.2) is 0 Å². The van der Waals surface area contributed by atoms with Gasteiger partial charge in [0.25, 0.3) is 16.8 Å². The highest BCUT2D eigenvalue weighted by Gasteiger charge is 2.35. The van der Waals surface area contributed by atoms with Gasteiger partial charge >= 0.3 is 0 Å².